The predicted octanol–water partition coefficient (Wildman–Crippen LogP) is 2.72. The molecule has 1 unspecified atom stereocenters. The number of hydrogen-bond donors (Lipinski definition) is 1. The molecule has 0 saturated heterocycles. The van der Waals surface area contributed by atoms with E-state index in [1.807, 2.05) is 0 Å². The van der Waals surface area contributed by atoms with Gasteiger partial charge in [0.05, 0.1) is 12.6 Å². The Morgan fingerprint density at radius 3 is 2.79 bits per heavy atom. The molecular formula is C14H25N3O2. The van der Waals surface area contributed by atoms with E-state index in [0.717, 1.165) is 31.8 Å². The minimum absolute atomic E-state index is 0.0352. The number of aromatic nitrogens is 2. The average Bonchev–Trinajstić information content (AvgIpc) is 2.90. The van der Waals surface area contributed by atoms with Crippen LogP contribution in [0.15, 0.2) is 4.52 Å². The predicted molar refractivity (Wildman–Crippen MR) is 72.8 cm³/mol. The van der Waals surface area contributed by atoms with E-state index >= 15 is 0 Å². The second kappa shape index (κ2) is 6.48. The van der Waals surface area contributed by atoms with E-state index in [9.17, 15) is 0 Å². The molecule has 1 aromatic rings. The zero-order chi connectivity index (χ0) is 13.7. The molecule has 0 aromatic carbocycles. The van der Waals surface area contributed by atoms with Crippen LogP contribution in [-0.2, 0) is 10.2 Å². The summed E-state index contributed by atoms with van der Waals surface area (Å²) >= 11 is 0. The Kier molecular flexibility index (Phi) is 4.93. The van der Waals surface area contributed by atoms with Gasteiger partial charge in [-0.15, -0.1) is 0 Å². The van der Waals surface area contributed by atoms with Crippen molar-refractivity contribution in [3.63, 3.8) is 0 Å². The Bertz CT molecular complexity index is 386. The van der Waals surface area contributed by atoms with Crippen molar-refractivity contribution in [1.29, 1.82) is 0 Å². The summed E-state index contributed by atoms with van der Waals surface area (Å²) in [6, 6.07) is -0.295. The van der Waals surface area contributed by atoms with Crippen molar-refractivity contribution in [3.05, 3.63) is 11.7 Å². The van der Waals surface area contributed by atoms with E-state index in [0.29, 0.717) is 12.4 Å². The van der Waals surface area contributed by atoms with E-state index in [-0.39, 0.29) is 11.5 Å². The SMILES string of the molecule is CCCOCC(N)c1noc(C2(C)CCCCC2)n1. The van der Waals surface area contributed by atoms with Crippen molar-refractivity contribution in [2.24, 2.45) is 5.73 Å². The first-order chi connectivity index (χ1) is 9.15. The van der Waals surface area contributed by atoms with Gasteiger partial charge in [0.1, 0.15) is 0 Å². The van der Waals surface area contributed by atoms with Crippen molar-refractivity contribution in [2.45, 2.75) is 63.8 Å². The van der Waals surface area contributed by atoms with Gasteiger partial charge < -0.3 is 15.0 Å². The highest BCUT2D eigenvalue weighted by Crippen LogP contribution is 2.38. The Morgan fingerprint density at radius 2 is 2.11 bits per heavy atom. The monoisotopic (exact) mass is 267 g/mol. The van der Waals surface area contributed by atoms with Crippen molar-refractivity contribution < 1.29 is 9.26 Å². The van der Waals surface area contributed by atoms with Crippen LogP contribution < -0.4 is 5.73 Å². The van der Waals surface area contributed by atoms with E-state index < -0.39 is 0 Å². The third kappa shape index (κ3) is 3.54. The first-order valence-corrected chi connectivity index (χ1v) is 7.33. The van der Waals surface area contributed by atoms with Gasteiger partial charge in [0.15, 0.2) is 5.82 Å². The maximum absolute atomic E-state index is 6.01. The highest BCUT2D eigenvalue weighted by Gasteiger charge is 2.34. The third-order valence-electron chi connectivity index (χ3n) is 3.89. The van der Waals surface area contributed by atoms with Crippen LogP contribution in [0.3, 0.4) is 0 Å². The maximum Gasteiger partial charge on any atom is 0.232 e. The molecule has 1 aromatic heterocycles. The van der Waals surface area contributed by atoms with Crippen molar-refractivity contribution in [2.75, 3.05) is 13.2 Å². The van der Waals surface area contributed by atoms with E-state index in [1.165, 1.54) is 19.3 Å². The first kappa shape index (κ1) is 14.5. The van der Waals surface area contributed by atoms with Gasteiger partial charge in [-0.3, -0.25) is 0 Å². The lowest BCUT2D eigenvalue weighted by Gasteiger charge is -2.29. The second-order valence-corrected chi connectivity index (χ2v) is 5.76. The van der Waals surface area contributed by atoms with Crippen LogP contribution in [0.1, 0.15) is 70.1 Å². The standard InChI is InChI=1S/C14H25N3O2/c1-3-9-18-10-11(15)12-16-13(19-17-12)14(2)7-5-4-6-8-14/h11H,3-10,15H2,1-2H3. The summed E-state index contributed by atoms with van der Waals surface area (Å²) < 4.78 is 10.9. The molecule has 1 atom stereocenters. The fraction of sp³-hybridized carbons (Fsp3) is 0.857. The molecule has 2 rings (SSSR count). The van der Waals surface area contributed by atoms with Crippen molar-refractivity contribution in [1.82, 2.24) is 10.1 Å². The molecule has 0 spiro atoms. The minimum Gasteiger partial charge on any atom is -0.379 e. The lowest BCUT2D eigenvalue weighted by molar-refractivity contribution is 0.119. The van der Waals surface area contributed by atoms with Crippen LogP contribution in [0, 0.1) is 0 Å². The summed E-state index contributed by atoms with van der Waals surface area (Å²) in [7, 11) is 0. The van der Waals surface area contributed by atoms with Gasteiger partial charge in [-0.1, -0.05) is 38.3 Å². The van der Waals surface area contributed by atoms with Gasteiger partial charge in [-0.2, -0.15) is 4.98 Å². The molecule has 1 fully saturated rings. The maximum atomic E-state index is 6.01. The van der Waals surface area contributed by atoms with Crippen LogP contribution in [0.5, 0.6) is 0 Å². The van der Waals surface area contributed by atoms with E-state index in [2.05, 4.69) is 24.0 Å². The molecule has 0 radical (unpaired) electrons. The number of nitrogens with two attached hydrogens (primary N) is 1. The molecule has 5 nitrogen and oxygen atoms in total. The van der Waals surface area contributed by atoms with Crippen LogP contribution in [0.2, 0.25) is 0 Å². The molecule has 0 bridgehead atoms. The summed E-state index contributed by atoms with van der Waals surface area (Å²) in [6.45, 7) is 5.45. The van der Waals surface area contributed by atoms with Gasteiger partial charge in [0, 0.05) is 12.0 Å². The second-order valence-electron chi connectivity index (χ2n) is 5.76. The molecule has 108 valence electrons. The fourth-order valence-electron chi connectivity index (χ4n) is 2.61. The van der Waals surface area contributed by atoms with Crippen LogP contribution in [-0.4, -0.2) is 23.4 Å². The Balaban J connectivity index is 1.97. The molecule has 5 heteroatoms. The van der Waals surface area contributed by atoms with E-state index in [1.54, 1.807) is 0 Å². The quantitative estimate of drug-likeness (QED) is 0.802. The summed E-state index contributed by atoms with van der Waals surface area (Å²) in [5, 5.41) is 4.02. The highest BCUT2D eigenvalue weighted by atomic mass is 16.5. The molecule has 1 saturated carbocycles. The minimum atomic E-state index is -0.295. The fourth-order valence-corrected chi connectivity index (χ4v) is 2.61. The Hall–Kier alpha value is -0.940. The topological polar surface area (TPSA) is 74.2 Å². The average molecular weight is 267 g/mol. The zero-order valence-corrected chi connectivity index (χ0v) is 12.0. The molecule has 1 heterocycles. The molecule has 0 amide bonds. The number of ether oxygens (including phenoxy) is 1. The van der Waals surface area contributed by atoms with Crippen LogP contribution in [0.25, 0.3) is 0 Å². The highest BCUT2D eigenvalue weighted by molar-refractivity contribution is 5.06. The largest absolute Gasteiger partial charge is 0.379 e. The third-order valence-corrected chi connectivity index (χ3v) is 3.89. The molecule has 0 aliphatic heterocycles. The summed E-state index contributed by atoms with van der Waals surface area (Å²) in [5.74, 6) is 1.31. The molecule has 1 aliphatic rings. The van der Waals surface area contributed by atoms with Gasteiger partial charge in [0.2, 0.25) is 5.89 Å². The molecule has 1 aliphatic carbocycles. The number of rotatable bonds is 6. The Morgan fingerprint density at radius 1 is 1.37 bits per heavy atom. The normalized spacial score (nSPS) is 20.4. The number of nitrogens with zero attached hydrogens (tertiary/aromatic N) is 2. The summed E-state index contributed by atoms with van der Waals surface area (Å²) in [4.78, 5) is 4.50. The molecule has 2 N–H and O–H groups in total. The molecule has 19 heavy (non-hydrogen) atoms. The number of hydrogen-bond acceptors (Lipinski definition) is 5. The lowest BCUT2D eigenvalue weighted by atomic mass is 9.75. The van der Waals surface area contributed by atoms with Crippen LogP contribution >= 0.6 is 0 Å². The van der Waals surface area contributed by atoms with Gasteiger partial charge >= 0.3 is 0 Å². The van der Waals surface area contributed by atoms with Crippen LogP contribution in [0.4, 0.5) is 0 Å². The summed E-state index contributed by atoms with van der Waals surface area (Å²) in [6.07, 6.45) is 7.01. The lowest BCUT2D eigenvalue weighted by Crippen LogP contribution is -2.26. The Labute approximate surface area is 114 Å². The smallest absolute Gasteiger partial charge is 0.232 e. The molecular weight excluding hydrogens is 242 g/mol. The summed E-state index contributed by atoms with van der Waals surface area (Å²) in [5.41, 5.74) is 6.05. The van der Waals surface area contributed by atoms with Gasteiger partial charge in [0.25, 0.3) is 0 Å². The van der Waals surface area contributed by atoms with Crippen molar-refractivity contribution in [3.8, 4) is 0 Å². The zero-order valence-electron chi connectivity index (χ0n) is 12.0. The van der Waals surface area contributed by atoms with Crippen molar-refractivity contribution >= 4 is 0 Å². The van der Waals surface area contributed by atoms with E-state index in [4.69, 9.17) is 15.0 Å². The van der Waals surface area contributed by atoms with Gasteiger partial charge in [-0.05, 0) is 19.3 Å². The first-order valence-electron chi connectivity index (χ1n) is 7.33. The van der Waals surface area contributed by atoms with Gasteiger partial charge in [-0.25, -0.2) is 0 Å².